The van der Waals surface area contributed by atoms with Gasteiger partial charge < -0.3 is 9.30 Å². The van der Waals surface area contributed by atoms with E-state index in [1.54, 1.807) is 6.08 Å². The molecule has 0 bridgehead atoms. The fourth-order valence-electron chi connectivity index (χ4n) is 3.43. The standard InChI is InChI=1S/C23H22N2O3S/c1-15-13-18(16(2)24(15)3)14-21-22(26)25(23(27)29-21)11-12-28-20-10-6-8-17-7-4-5-9-19(17)20/h4-10,13-14H,11-12H2,1-3H3/b21-14-. The van der Waals surface area contributed by atoms with Gasteiger partial charge in [-0.25, -0.2) is 0 Å². The molecule has 0 N–H and O–H groups in total. The van der Waals surface area contributed by atoms with Crippen molar-refractivity contribution in [2.45, 2.75) is 13.8 Å². The number of aryl methyl sites for hydroxylation is 1. The Balaban J connectivity index is 1.45. The average molecular weight is 407 g/mol. The normalized spacial score (nSPS) is 15.7. The van der Waals surface area contributed by atoms with Crippen LogP contribution in [0.3, 0.4) is 0 Å². The zero-order valence-electron chi connectivity index (χ0n) is 16.6. The van der Waals surface area contributed by atoms with E-state index in [0.29, 0.717) is 4.91 Å². The van der Waals surface area contributed by atoms with E-state index < -0.39 is 0 Å². The van der Waals surface area contributed by atoms with Gasteiger partial charge in [-0.15, -0.1) is 0 Å². The molecule has 1 fully saturated rings. The highest BCUT2D eigenvalue weighted by atomic mass is 32.2. The van der Waals surface area contributed by atoms with Crippen molar-refractivity contribution in [3.05, 3.63) is 70.4 Å². The Morgan fingerprint density at radius 1 is 1.07 bits per heavy atom. The Morgan fingerprint density at radius 3 is 2.59 bits per heavy atom. The molecule has 0 spiro atoms. The van der Waals surface area contributed by atoms with Crippen LogP contribution in [-0.4, -0.2) is 33.8 Å². The molecule has 5 nitrogen and oxygen atoms in total. The Hall–Kier alpha value is -2.99. The van der Waals surface area contributed by atoms with Crippen molar-refractivity contribution in [1.29, 1.82) is 0 Å². The van der Waals surface area contributed by atoms with Gasteiger partial charge in [0, 0.05) is 23.8 Å². The largest absolute Gasteiger partial charge is 0.491 e. The van der Waals surface area contributed by atoms with Crippen LogP contribution < -0.4 is 4.74 Å². The van der Waals surface area contributed by atoms with Crippen molar-refractivity contribution in [3.8, 4) is 5.75 Å². The van der Waals surface area contributed by atoms with Gasteiger partial charge in [-0.2, -0.15) is 0 Å². The zero-order valence-corrected chi connectivity index (χ0v) is 17.5. The Kier molecular flexibility index (Phi) is 5.20. The molecule has 0 aliphatic carbocycles. The predicted molar refractivity (Wildman–Crippen MR) is 117 cm³/mol. The number of carbonyl (C=O) groups is 2. The first-order valence-electron chi connectivity index (χ1n) is 9.44. The molecule has 6 heteroatoms. The monoisotopic (exact) mass is 406 g/mol. The van der Waals surface area contributed by atoms with E-state index in [1.807, 2.05) is 69.4 Å². The van der Waals surface area contributed by atoms with Gasteiger partial charge in [0.2, 0.25) is 0 Å². The second kappa shape index (κ2) is 7.79. The summed E-state index contributed by atoms with van der Waals surface area (Å²) in [4.78, 5) is 26.8. The van der Waals surface area contributed by atoms with Gasteiger partial charge in [-0.1, -0.05) is 36.4 Å². The lowest BCUT2D eigenvalue weighted by atomic mass is 10.1. The molecule has 2 heterocycles. The fourth-order valence-corrected chi connectivity index (χ4v) is 4.29. The number of aromatic nitrogens is 1. The lowest BCUT2D eigenvalue weighted by molar-refractivity contribution is -0.123. The van der Waals surface area contributed by atoms with E-state index in [0.717, 1.165) is 45.2 Å². The highest BCUT2D eigenvalue weighted by molar-refractivity contribution is 8.18. The summed E-state index contributed by atoms with van der Waals surface area (Å²) in [5.41, 5.74) is 3.13. The summed E-state index contributed by atoms with van der Waals surface area (Å²) in [5.74, 6) is 0.489. The van der Waals surface area contributed by atoms with Crippen LogP contribution in [0.25, 0.3) is 16.8 Å². The van der Waals surface area contributed by atoms with Crippen molar-refractivity contribution in [3.63, 3.8) is 0 Å². The molecule has 3 aromatic rings. The molecule has 1 aliphatic rings. The van der Waals surface area contributed by atoms with Crippen LogP contribution in [0.5, 0.6) is 5.75 Å². The lowest BCUT2D eigenvalue weighted by Crippen LogP contribution is -2.32. The zero-order chi connectivity index (χ0) is 20.5. The molecule has 1 aliphatic heterocycles. The quantitative estimate of drug-likeness (QED) is 0.565. The van der Waals surface area contributed by atoms with Gasteiger partial charge in [0.05, 0.1) is 11.4 Å². The van der Waals surface area contributed by atoms with E-state index in [4.69, 9.17) is 4.74 Å². The van der Waals surface area contributed by atoms with Crippen LogP contribution in [0.15, 0.2) is 53.4 Å². The minimum atomic E-state index is -0.262. The number of benzene rings is 2. The first-order chi connectivity index (χ1) is 14.0. The molecule has 4 rings (SSSR count). The van der Waals surface area contributed by atoms with Crippen LogP contribution in [0.1, 0.15) is 17.0 Å². The van der Waals surface area contributed by atoms with Gasteiger partial charge >= 0.3 is 0 Å². The number of imide groups is 1. The molecule has 2 aromatic carbocycles. The molecular formula is C23H22N2O3S. The number of hydrogen-bond donors (Lipinski definition) is 0. The van der Waals surface area contributed by atoms with E-state index >= 15 is 0 Å². The van der Waals surface area contributed by atoms with Crippen LogP contribution >= 0.6 is 11.8 Å². The van der Waals surface area contributed by atoms with E-state index in [9.17, 15) is 9.59 Å². The van der Waals surface area contributed by atoms with Crippen molar-refractivity contribution >= 4 is 39.8 Å². The molecule has 2 amide bonds. The van der Waals surface area contributed by atoms with Crippen molar-refractivity contribution in [1.82, 2.24) is 9.47 Å². The highest BCUT2D eigenvalue weighted by Gasteiger charge is 2.35. The van der Waals surface area contributed by atoms with Gasteiger partial charge in [-0.3, -0.25) is 14.5 Å². The SMILES string of the molecule is Cc1cc(/C=C2\SC(=O)N(CCOc3cccc4ccccc34)C2=O)c(C)n1C. The number of nitrogens with zero attached hydrogens (tertiary/aromatic N) is 2. The van der Waals surface area contributed by atoms with E-state index in [-0.39, 0.29) is 24.3 Å². The number of fused-ring (bicyclic) bond motifs is 1. The lowest BCUT2D eigenvalue weighted by Gasteiger charge is -2.14. The minimum Gasteiger partial charge on any atom is -0.491 e. The maximum atomic E-state index is 12.7. The van der Waals surface area contributed by atoms with Gasteiger partial charge in [0.25, 0.3) is 11.1 Å². The number of thioether (sulfide) groups is 1. The van der Waals surface area contributed by atoms with Gasteiger partial charge in [-0.05, 0) is 54.8 Å². The molecule has 0 saturated carbocycles. The average Bonchev–Trinajstić information content (AvgIpc) is 3.12. The smallest absolute Gasteiger partial charge is 0.293 e. The summed E-state index contributed by atoms with van der Waals surface area (Å²) in [6.45, 7) is 4.49. The van der Waals surface area contributed by atoms with Crippen molar-refractivity contribution in [2.75, 3.05) is 13.2 Å². The third-order valence-electron chi connectivity index (χ3n) is 5.30. The van der Waals surface area contributed by atoms with Crippen LogP contribution in [0.4, 0.5) is 4.79 Å². The van der Waals surface area contributed by atoms with Gasteiger partial charge in [0.15, 0.2) is 0 Å². The fraction of sp³-hybridized carbons (Fsp3) is 0.217. The van der Waals surface area contributed by atoms with E-state index in [1.165, 1.54) is 4.90 Å². The number of amides is 2. The summed E-state index contributed by atoms with van der Waals surface area (Å²) < 4.78 is 7.95. The molecule has 1 saturated heterocycles. The number of ether oxygens (including phenoxy) is 1. The second-order valence-corrected chi connectivity index (χ2v) is 8.04. The molecule has 1 aromatic heterocycles. The first-order valence-corrected chi connectivity index (χ1v) is 10.3. The highest BCUT2D eigenvalue weighted by Crippen LogP contribution is 2.33. The summed E-state index contributed by atoms with van der Waals surface area (Å²) in [6, 6.07) is 15.8. The second-order valence-electron chi connectivity index (χ2n) is 7.04. The maximum Gasteiger partial charge on any atom is 0.293 e. The summed E-state index contributed by atoms with van der Waals surface area (Å²) in [7, 11) is 1.98. The molecule has 0 unspecified atom stereocenters. The number of rotatable bonds is 5. The molecule has 0 atom stereocenters. The molecule has 148 valence electrons. The molecule has 29 heavy (non-hydrogen) atoms. The summed E-state index contributed by atoms with van der Waals surface area (Å²) >= 11 is 0.983. The number of hydrogen-bond acceptors (Lipinski definition) is 4. The van der Waals surface area contributed by atoms with E-state index in [2.05, 4.69) is 4.57 Å². The minimum absolute atomic E-state index is 0.220. The van der Waals surface area contributed by atoms with Crippen LogP contribution in [0, 0.1) is 13.8 Å². The van der Waals surface area contributed by atoms with Crippen molar-refractivity contribution in [2.24, 2.45) is 7.05 Å². The molecular weight excluding hydrogens is 384 g/mol. The van der Waals surface area contributed by atoms with Crippen LogP contribution in [0.2, 0.25) is 0 Å². The Bertz CT molecular complexity index is 1140. The third-order valence-corrected chi connectivity index (χ3v) is 6.20. The predicted octanol–water partition coefficient (Wildman–Crippen LogP) is 4.91. The maximum absolute atomic E-state index is 12.7. The topological polar surface area (TPSA) is 51.5 Å². The first kappa shape index (κ1) is 19.3. The molecule has 0 radical (unpaired) electrons. The van der Waals surface area contributed by atoms with Crippen molar-refractivity contribution < 1.29 is 14.3 Å². The van der Waals surface area contributed by atoms with Gasteiger partial charge in [0.1, 0.15) is 12.4 Å². The number of carbonyl (C=O) groups excluding carboxylic acids is 2. The Labute approximate surface area is 173 Å². The summed E-state index contributed by atoms with van der Waals surface area (Å²) in [5, 5.41) is 1.85. The Morgan fingerprint density at radius 2 is 1.83 bits per heavy atom. The van der Waals surface area contributed by atoms with Crippen LogP contribution in [-0.2, 0) is 11.8 Å². The third kappa shape index (κ3) is 3.68. The summed E-state index contributed by atoms with van der Waals surface area (Å²) in [6.07, 6.45) is 1.80.